The molecular weight excluding hydrogens is 225 g/mol. The summed E-state index contributed by atoms with van der Waals surface area (Å²) in [6.07, 6.45) is -3.56. The van der Waals surface area contributed by atoms with Crippen LogP contribution in [0.25, 0.3) is 0 Å². The minimum Gasteiger partial charge on any atom is -0.382 e. The summed E-state index contributed by atoms with van der Waals surface area (Å²) in [6.45, 7) is 1.03. The van der Waals surface area contributed by atoms with Gasteiger partial charge in [0.1, 0.15) is 26.2 Å². The molecule has 0 saturated carbocycles. The summed E-state index contributed by atoms with van der Waals surface area (Å²) in [7, 11) is 2.94. The summed E-state index contributed by atoms with van der Waals surface area (Å²) >= 11 is 0. The van der Waals surface area contributed by atoms with Crippen LogP contribution in [0.3, 0.4) is 0 Å². The number of rotatable bonds is 4. The Morgan fingerprint density at radius 1 is 1.67 bits per heavy atom. The molecule has 5 atom stereocenters. The monoisotopic (exact) mass is 238 g/mol. The third-order valence-electron chi connectivity index (χ3n) is 1.97. The van der Waals surface area contributed by atoms with Crippen molar-refractivity contribution in [1.82, 2.24) is 0 Å². The van der Waals surface area contributed by atoms with Crippen LogP contribution in [0.5, 0.6) is 0 Å². The smallest absolute Gasteiger partial charge is 0.325 e. The molecule has 15 heavy (non-hydrogen) atoms. The van der Waals surface area contributed by atoms with Crippen LogP contribution in [-0.2, 0) is 18.6 Å². The van der Waals surface area contributed by atoms with Crippen molar-refractivity contribution in [1.29, 1.82) is 0 Å². The summed E-state index contributed by atoms with van der Waals surface area (Å²) in [4.78, 5) is 9.00. The van der Waals surface area contributed by atoms with Crippen molar-refractivity contribution in [2.75, 3.05) is 20.4 Å². The van der Waals surface area contributed by atoms with E-state index < -0.39 is 32.0 Å². The highest BCUT2D eigenvalue weighted by Gasteiger charge is 2.45. The molecule has 1 heterocycles. The molecule has 1 aliphatic heterocycles. The number of hydrogen-bond donors (Lipinski definition) is 1. The van der Waals surface area contributed by atoms with Gasteiger partial charge in [-0.25, -0.2) is 4.39 Å². The van der Waals surface area contributed by atoms with E-state index in [9.17, 15) is 8.96 Å². The fraction of sp³-hybridized carbons (Fsp3) is 1.00. The van der Waals surface area contributed by atoms with Crippen LogP contribution in [0, 0.1) is 0 Å². The molecule has 1 aliphatic rings. The largest absolute Gasteiger partial charge is 0.382 e. The predicted octanol–water partition coefficient (Wildman–Crippen LogP) is 0.0647. The van der Waals surface area contributed by atoms with Crippen LogP contribution in [0.1, 0.15) is 0 Å². The van der Waals surface area contributed by atoms with Crippen LogP contribution in [0.4, 0.5) is 4.39 Å². The number of ether oxygens (including phenoxy) is 2. The van der Waals surface area contributed by atoms with Crippen molar-refractivity contribution >= 4 is 15.4 Å². The van der Waals surface area contributed by atoms with Crippen LogP contribution in [0.15, 0.2) is 0 Å². The first-order valence-electron chi connectivity index (χ1n) is 4.38. The molecule has 0 aliphatic carbocycles. The summed E-state index contributed by atoms with van der Waals surface area (Å²) in [5, 5.41) is 0. The summed E-state index contributed by atoms with van der Waals surface area (Å²) in [5.41, 5.74) is 0. The van der Waals surface area contributed by atoms with Crippen LogP contribution >= 0.6 is 7.60 Å². The number of alkyl halides is 1. The minimum atomic E-state index is -3.77. The van der Waals surface area contributed by atoms with Crippen molar-refractivity contribution in [3.63, 3.8) is 0 Å². The molecule has 0 aromatic heterocycles. The molecule has 8 heteroatoms. The molecule has 0 bridgehead atoms. The Morgan fingerprint density at radius 3 is 2.73 bits per heavy atom. The van der Waals surface area contributed by atoms with Crippen molar-refractivity contribution in [3.8, 4) is 0 Å². The van der Waals surface area contributed by atoms with Gasteiger partial charge in [-0.2, -0.15) is 0 Å². The van der Waals surface area contributed by atoms with Gasteiger partial charge in [-0.3, -0.25) is 9.09 Å². The second-order valence-corrected chi connectivity index (χ2v) is 5.23. The molecule has 1 rings (SSSR count). The third kappa shape index (κ3) is 3.54. The van der Waals surface area contributed by atoms with Gasteiger partial charge in [-0.05, 0) is 0 Å². The average Bonchev–Trinajstić information content (AvgIpc) is 2.32. The number of halogens is 1. The van der Waals surface area contributed by atoms with Gasteiger partial charge in [0.05, 0.1) is 12.6 Å². The van der Waals surface area contributed by atoms with E-state index in [2.05, 4.69) is 0 Å². The maximum absolute atomic E-state index is 13.4. The van der Waals surface area contributed by atoms with E-state index in [1.54, 1.807) is 0 Å². The second kappa shape index (κ2) is 4.93. The fourth-order valence-corrected chi connectivity index (χ4v) is 2.10. The standard InChI is InChI=1S/C7H13BFO5P/c1-12-3-4-6(14-15(2,10)11)5(9)7(8)13-4/h4-7H,3H2,1-2H3,(H,10,11)/t4-,5-,6-,7-/m1/s1. The zero-order valence-electron chi connectivity index (χ0n) is 8.50. The average molecular weight is 238 g/mol. The van der Waals surface area contributed by atoms with E-state index in [4.69, 9.17) is 26.7 Å². The molecule has 0 spiro atoms. The van der Waals surface area contributed by atoms with Gasteiger partial charge >= 0.3 is 7.60 Å². The van der Waals surface area contributed by atoms with Gasteiger partial charge < -0.3 is 14.4 Å². The Morgan fingerprint density at radius 2 is 2.27 bits per heavy atom. The molecule has 86 valence electrons. The van der Waals surface area contributed by atoms with Crippen molar-refractivity contribution in [2.24, 2.45) is 0 Å². The Balaban J connectivity index is 2.68. The van der Waals surface area contributed by atoms with Crippen LogP contribution < -0.4 is 0 Å². The van der Waals surface area contributed by atoms with Crippen molar-refractivity contribution < 1.29 is 27.8 Å². The van der Waals surface area contributed by atoms with Crippen molar-refractivity contribution in [2.45, 2.75) is 24.4 Å². The van der Waals surface area contributed by atoms with Gasteiger partial charge in [0, 0.05) is 13.8 Å². The zero-order chi connectivity index (χ0) is 11.6. The fourth-order valence-electron chi connectivity index (χ4n) is 1.40. The van der Waals surface area contributed by atoms with E-state index in [-0.39, 0.29) is 6.61 Å². The highest BCUT2D eigenvalue weighted by molar-refractivity contribution is 7.51. The Kier molecular flexibility index (Phi) is 4.32. The molecular formula is C7H13BFO5P. The molecule has 1 unspecified atom stereocenters. The van der Waals surface area contributed by atoms with E-state index in [1.165, 1.54) is 7.11 Å². The molecule has 2 radical (unpaired) electrons. The molecule has 1 N–H and O–H groups in total. The third-order valence-corrected chi connectivity index (χ3v) is 2.61. The van der Waals surface area contributed by atoms with Gasteiger partial charge in [-0.15, -0.1) is 0 Å². The first-order valence-corrected chi connectivity index (χ1v) is 6.40. The molecule has 0 aromatic rings. The summed E-state index contributed by atoms with van der Waals surface area (Å²) in [6, 6.07) is -1.15. The van der Waals surface area contributed by atoms with E-state index >= 15 is 0 Å². The lowest BCUT2D eigenvalue weighted by Crippen LogP contribution is -2.33. The molecule has 1 fully saturated rings. The molecule has 0 amide bonds. The summed E-state index contributed by atoms with van der Waals surface area (Å²) in [5.74, 6) is 0. The van der Waals surface area contributed by atoms with Crippen LogP contribution in [0.2, 0.25) is 0 Å². The lowest BCUT2D eigenvalue weighted by atomic mass is 9.94. The zero-order valence-corrected chi connectivity index (χ0v) is 9.39. The second-order valence-electron chi connectivity index (χ2n) is 3.41. The minimum absolute atomic E-state index is 0.0544. The lowest BCUT2D eigenvalue weighted by Gasteiger charge is -2.20. The maximum Gasteiger partial charge on any atom is 0.325 e. The molecule has 5 nitrogen and oxygen atoms in total. The molecule has 1 saturated heterocycles. The highest BCUT2D eigenvalue weighted by atomic mass is 31.2. The van der Waals surface area contributed by atoms with E-state index in [0.717, 1.165) is 6.66 Å². The quantitative estimate of drug-likeness (QED) is 0.554. The lowest BCUT2D eigenvalue weighted by molar-refractivity contribution is -0.0131. The van der Waals surface area contributed by atoms with E-state index in [0.29, 0.717) is 0 Å². The van der Waals surface area contributed by atoms with Gasteiger partial charge in [0.15, 0.2) is 0 Å². The predicted molar refractivity (Wildman–Crippen MR) is 51.8 cm³/mol. The highest BCUT2D eigenvalue weighted by Crippen LogP contribution is 2.42. The first-order chi connectivity index (χ1) is 6.85. The van der Waals surface area contributed by atoms with Crippen molar-refractivity contribution in [3.05, 3.63) is 0 Å². The Hall–Kier alpha value is 0.0649. The SMILES string of the molecule is [B][C@@H]1O[C@H](COC)[C@@H](OP(C)(=O)O)[C@H]1F. The molecule has 0 aromatic carbocycles. The Bertz CT molecular complexity index is 260. The van der Waals surface area contributed by atoms with Crippen LogP contribution in [-0.4, -0.2) is 57.5 Å². The summed E-state index contributed by atoms with van der Waals surface area (Å²) < 4.78 is 38.9. The normalized spacial score (nSPS) is 40.3. The van der Waals surface area contributed by atoms with Gasteiger partial charge in [0.2, 0.25) is 0 Å². The van der Waals surface area contributed by atoms with E-state index in [1.807, 2.05) is 0 Å². The maximum atomic E-state index is 13.4. The number of hydrogen-bond acceptors (Lipinski definition) is 4. The topological polar surface area (TPSA) is 65.0 Å². The first kappa shape index (κ1) is 13.1. The van der Waals surface area contributed by atoms with Gasteiger partial charge in [0.25, 0.3) is 0 Å². The number of methoxy groups -OCH3 is 1. The van der Waals surface area contributed by atoms with Gasteiger partial charge in [-0.1, -0.05) is 0 Å². The Labute approximate surface area is 88.8 Å².